The molecule has 0 aliphatic carbocycles. The smallest absolute Gasteiger partial charge is 0.133 e. The molecule has 0 radical (unpaired) electrons. The van der Waals surface area contributed by atoms with E-state index in [1.165, 1.54) is 21.0 Å². The standard InChI is InChI=1S/C19H21N5S.2ClH/c1-13-23-16-8-11-20-10-7-15(16)19(24-13)22-12-14-5-6-18(25-14)17-4-2-3-9-21-17;;/h2-6,9,20H,7-8,10-12H2,1H3,(H,22,23,24);2*1H. The quantitative estimate of drug-likeness (QED) is 0.662. The maximum Gasteiger partial charge on any atom is 0.133 e. The van der Waals surface area contributed by atoms with Gasteiger partial charge in [-0.1, -0.05) is 6.07 Å². The predicted molar refractivity (Wildman–Crippen MR) is 116 cm³/mol. The van der Waals surface area contributed by atoms with Gasteiger partial charge in [-0.2, -0.15) is 0 Å². The molecule has 0 spiro atoms. The molecule has 0 aromatic carbocycles. The first-order chi connectivity index (χ1) is 12.3. The highest BCUT2D eigenvalue weighted by molar-refractivity contribution is 7.15. The minimum absolute atomic E-state index is 0. The van der Waals surface area contributed by atoms with Gasteiger partial charge >= 0.3 is 0 Å². The third-order valence-electron chi connectivity index (χ3n) is 4.30. The Hall–Kier alpha value is -1.73. The number of anilines is 1. The molecular weight excluding hydrogens is 401 g/mol. The van der Waals surface area contributed by atoms with Crippen molar-refractivity contribution in [3.05, 3.63) is 58.5 Å². The Labute approximate surface area is 175 Å². The maximum absolute atomic E-state index is 4.65. The summed E-state index contributed by atoms with van der Waals surface area (Å²) in [5.74, 6) is 1.82. The molecule has 0 unspecified atom stereocenters. The number of pyridine rings is 1. The zero-order valence-electron chi connectivity index (χ0n) is 15.1. The number of aromatic nitrogens is 3. The van der Waals surface area contributed by atoms with Gasteiger partial charge in [0.05, 0.1) is 22.8 Å². The molecule has 2 N–H and O–H groups in total. The number of fused-ring (bicyclic) bond motifs is 1. The van der Waals surface area contributed by atoms with Gasteiger partial charge in [-0.05, 0) is 44.2 Å². The molecule has 4 rings (SSSR count). The van der Waals surface area contributed by atoms with Gasteiger partial charge in [-0.25, -0.2) is 9.97 Å². The van der Waals surface area contributed by atoms with Gasteiger partial charge in [0.25, 0.3) is 0 Å². The van der Waals surface area contributed by atoms with Crippen LogP contribution in [-0.2, 0) is 19.4 Å². The zero-order chi connectivity index (χ0) is 17.1. The molecule has 0 saturated heterocycles. The van der Waals surface area contributed by atoms with Crippen LogP contribution in [0, 0.1) is 6.92 Å². The lowest BCUT2D eigenvalue weighted by molar-refractivity contribution is 0.708. The highest BCUT2D eigenvalue weighted by Crippen LogP contribution is 2.27. The number of nitrogens with zero attached hydrogens (tertiary/aromatic N) is 3. The molecule has 0 fully saturated rings. The fraction of sp³-hybridized carbons (Fsp3) is 0.316. The fourth-order valence-electron chi connectivity index (χ4n) is 3.10. The van der Waals surface area contributed by atoms with Crippen LogP contribution in [0.1, 0.15) is 22.0 Å². The summed E-state index contributed by atoms with van der Waals surface area (Å²) in [6.45, 7) is 4.71. The lowest BCUT2D eigenvalue weighted by atomic mass is 10.1. The van der Waals surface area contributed by atoms with E-state index in [0.29, 0.717) is 0 Å². The molecule has 1 aliphatic rings. The number of rotatable bonds is 4. The summed E-state index contributed by atoms with van der Waals surface area (Å²) in [4.78, 5) is 16.2. The van der Waals surface area contributed by atoms with E-state index in [2.05, 4.69) is 37.7 Å². The molecule has 4 heterocycles. The van der Waals surface area contributed by atoms with Gasteiger partial charge < -0.3 is 10.6 Å². The highest BCUT2D eigenvalue weighted by Gasteiger charge is 2.15. The van der Waals surface area contributed by atoms with Crippen molar-refractivity contribution >= 4 is 42.0 Å². The Morgan fingerprint density at radius 2 is 1.93 bits per heavy atom. The first-order valence-corrected chi connectivity index (χ1v) is 9.42. The summed E-state index contributed by atoms with van der Waals surface area (Å²) in [7, 11) is 0. The lowest BCUT2D eigenvalue weighted by Gasteiger charge is -2.13. The molecular formula is C19H23Cl2N5S. The number of nitrogens with one attached hydrogen (secondary N) is 2. The van der Waals surface area contributed by atoms with Crippen molar-refractivity contribution < 1.29 is 0 Å². The molecule has 0 amide bonds. The second-order valence-corrected chi connectivity index (χ2v) is 7.30. The largest absolute Gasteiger partial charge is 0.365 e. The van der Waals surface area contributed by atoms with E-state index < -0.39 is 0 Å². The van der Waals surface area contributed by atoms with Crippen molar-refractivity contribution in [2.75, 3.05) is 18.4 Å². The van der Waals surface area contributed by atoms with Crippen LogP contribution in [0.4, 0.5) is 5.82 Å². The van der Waals surface area contributed by atoms with Crippen LogP contribution in [0.2, 0.25) is 0 Å². The third-order valence-corrected chi connectivity index (χ3v) is 5.41. The first kappa shape index (κ1) is 21.6. The van der Waals surface area contributed by atoms with Crippen LogP contribution < -0.4 is 10.6 Å². The normalized spacial score (nSPS) is 12.9. The zero-order valence-corrected chi connectivity index (χ0v) is 17.5. The van der Waals surface area contributed by atoms with Gasteiger partial charge in [-0.15, -0.1) is 36.2 Å². The van der Waals surface area contributed by atoms with Crippen LogP contribution in [0.15, 0.2) is 36.5 Å². The van der Waals surface area contributed by atoms with E-state index in [9.17, 15) is 0 Å². The molecule has 8 heteroatoms. The predicted octanol–water partition coefficient (Wildman–Crippen LogP) is 4.05. The van der Waals surface area contributed by atoms with Crippen molar-refractivity contribution in [2.45, 2.75) is 26.3 Å². The molecule has 144 valence electrons. The van der Waals surface area contributed by atoms with Gasteiger partial charge in [0.1, 0.15) is 11.6 Å². The Kier molecular flexibility index (Phi) is 7.98. The van der Waals surface area contributed by atoms with Crippen LogP contribution in [0.3, 0.4) is 0 Å². The van der Waals surface area contributed by atoms with E-state index in [4.69, 9.17) is 0 Å². The van der Waals surface area contributed by atoms with Crippen LogP contribution >= 0.6 is 36.2 Å². The van der Waals surface area contributed by atoms with E-state index in [0.717, 1.165) is 49.8 Å². The number of thiophene rings is 1. The second kappa shape index (κ2) is 9.99. The van der Waals surface area contributed by atoms with Crippen LogP contribution in [0.25, 0.3) is 10.6 Å². The first-order valence-electron chi connectivity index (χ1n) is 8.61. The Balaban J connectivity index is 0.00000131. The van der Waals surface area contributed by atoms with Crippen LogP contribution in [0.5, 0.6) is 0 Å². The van der Waals surface area contributed by atoms with Crippen LogP contribution in [-0.4, -0.2) is 28.0 Å². The average molecular weight is 424 g/mol. The summed E-state index contributed by atoms with van der Waals surface area (Å²) in [6.07, 6.45) is 3.78. The molecule has 0 saturated carbocycles. The third kappa shape index (κ3) is 5.17. The van der Waals surface area contributed by atoms with Crippen molar-refractivity contribution in [3.63, 3.8) is 0 Å². The maximum atomic E-state index is 4.65. The summed E-state index contributed by atoms with van der Waals surface area (Å²) in [6, 6.07) is 10.3. The lowest BCUT2D eigenvalue weighted by Crippen LogP contribution is -2.16. The number of aryl methyl sites for hydroxylation is 1. The van der Waals surface area contributed by atoms with Crippen molar-refractivity contribution in [1.82, 2.24) is 20.3 Å². The van der Waals surface area contributed by atoms with Crippen molar-refractivity contribution in [2.24, 2.45) is 0 Å². The molecule has 3 aromatic heterocycles. The molecule has 27 heavy (non-hydrogen) atoms. The van der Waals surface area contributed by atoms with Gasteiger partial charge in [0.15, 0.2) is 0 Å². The van der Waals surface area contributed by atoms with E-state index in [1.54, 1.807) is 11.3 Å². The van der Waals surface area contributed by atoms with Gasteiger partial charge in [0, 0.05) is 29.6 Å². The number of hydrogen-bond donors (Lipinski definition) is 2. The van der Waals surface area contributed by atoms with E-state index in [1.807, 2.05) is 31.3 Å². The SMILES string of the molecule is Cc1nc2c(c(NCc3ccc(-c4ccccn4)s3)n1)CCNCC2.Cl.Cl. The summed E-state index contributed by atoms with van der Waals surface area (Å²) >= 11 is 1.77. The Morgan fingerprint density at radius 1 is 1.07 bits per heavy atom. The van der Waals surface area contributed by atoms with Gasteiger partial charge in [-0.3, -0.25) is 4.98 Å². The average Bonchev–Trinajstić information content (AvgIpc) is 2.98. The highest BCUT2D eigenvalue weighted by atomic mass is 35.5. The Morgan fingerprint density at radius 3 is 2.74 bits per heavy atom. The fourth-order valence-corrected chi connectivity index (χ4v) is 4.03. The summed E-state index contributed by atoms with van der Waals surface area (Å²) in [5, 5.41) is 6.97. The van der Waals surface area contributed by atoms with E-state index >= 15 is 0 Å². The minimum atomic E-state index is 0. The second-order valence-electron chi connectivity index (χ2n) is 6.13. The van der Waals surface area contributed by atoms with Gasteiger partial charge in [0.2, 0.25) is 0 Å². The Bertz CT molecular complexity index is 870. The molecule has 0 atom stereocenters. The molecule has 3 aromatic rings. The molecule has 5 nitrogen and oxygen atoms in total. The van der Waals surface area contributed by atoms with Crippen molar-refractivity contribution in [3.8, 4) is 10.6 Å². The molecule has 1 aliphatic heterocycles. The number of hydrogen-bond acceptors (Lipinski definition) is 6. The summed E-state index contributed by atoms with van der Waals surface area (Å²) < 4.78 is 0. The van der Waals surface area contributed by atoms with Crippen molar-refractivity contribution in [1.29, 1.82) is 0 Å². The molecule has 0 bridgehead atoms. The minimum Gasteiger partial charge on any atom is -0.365 e. The summed E-state index contributed by atoms with van der Waals surface area (Å²) in [5.41, 5.74) is 3.47. The number of halogens is 2. The topological polar surface area (TPSA) is 62.7 Å². The monoisotopic (exact) mass is 423 g/mol. The van der Waals surface area contributed by atoms with E-state index in [-0.39, 0.29) is 24.8 Å².